The van der Waals surface area contributed by atoms with E-state index in [4.69, 9.17) is 0 Å². The molecule has 2 saturated carbocycles. The third kappa shape index (κ3) is 3.18. The fraction of sp³-hybridized carbons (Fsp3) is 0.700. The molecule has 21 heavy (non-hydrogen) atoms. The minimum atomic E-state index is 0.409. The van der Waals surface area contributed by atoms with Crippen LogP contribution in [-0.2, 0) is 5.41 Å². The minimum absolute atomic E-state index is 0.409. The molecule has 2 aliphatic rings. The Morgan fingerprint density at radius 1 is 1.10 bits per heavy atom. The van der Waals surface area contributed by atoms with Gasteiger partial charge in [0.25, 0.3) is 0 Å². The van der Waals surface area contributed by atoms with Crippen LogP contribution >= 0.6 is 0 Å². The van der Waals surface area contributed by atoms with E-state index in [1.165, 1.54) is 64.3 Å². The third-order valence-corrected chi connectivity index (χ3v) is 5.95. The molecule has 0 aromatic heterocycles. The van der Waals surface area contributed by atoms with E-state index in [9.17, 15) is 0 Å². The molecule has 0 heterocycles. The summed E-state index contributed by atoms with van der Waals surface area (Å²) in [7, 11) is 0. The topological polar surface area (TPSA) is 12.0 Å². The molecular weight excluding hydrogens is 254 g/mol. The van der Waals surface area contributed by atoms with Crippen molar-refractivity contribution in [3.05, 3.63) is 35.9 Å². The van der Waals surface area contributed by atoms with Crippen molar-refractivity contribution in [2.24, 2.45) is 5.92 Å². The predicted octanol–water partition coefficient (Wildman–Crippen LogP) is 5.06. The summed E-state index contributed by atoms with van der Waals surface area (Å²) in [6.07, 6.45) is 12.6. The van der Waals surface area contributed by atoms with Crippen LogP contribution in [-0.4, -0.2) is 12.6 Å². The minimum Gasteiger partial charge on any atom is -0.313 e. The molecular formula is C20H31N. The van der Waals surface area contributed by atoms with Crippen LogP contribution in [0.3, 0.4) is 0 Å². The monoisotopic (exact) mass is 285 g/mol. The first-order valence-corrected chi connectivity index (χ1v) is 9.14. The largest absolute Gasteiger partial charge is 0.313 e. The Balaban J connectivity index is 1.83. The molecule has 0 spiro atoms. The van der Waals surface area contributed by atoms with Gasteiger partial charge in [-0.3, -0.25) is 0 Å². The molecule has 1 heteroatoms. The Morgan fingerprint density at radius 3 is 2.38 bits per heavy atom. The maximum absolute atomic E-state index is 3.95. The quantitative estimate of drug-likeness (QED) is 0.738. The van der Waals surface area contributed by atoms with Gasteiger partial charge in [-0.1, -0.05) is 69.4 Å². The highest BCUT2D eigenvalue weighted by Gasteiger charge is 2.43. The number of hydrogen-bond acceptors (Lipinski definition) is 1. The molecule has 116 valence electrons. The molecule has 0 amide bonds. The van der Waals surface area contributed by atoms with Crippen LogP contribution in [0.2, 0.25) is 0 Å². The van der Waals surface area contributed by atoms with Crippen molar-refractivity contribution in [3.8, 4) is 0 Å². The van der Waals surface area contributed by atoms with Crippen molar-refractivity contribution in [2.45, 2.75) is 76.2 Å². The zero-order valence-electron chi connectivity index (χ0n) is 13.6. The standard InChI is InChI=1S/C20H31N/c1-2-15-21-19(16-17-9-8-10-17)20(13-6-7-14-20)18-11-4-3-5-12-18/h3-5,11-12,17,19,21H,2,6-10,13-16H2,1H3. The Kier molecular flexibility index (Phi) is 5.00. The van der Waals surface area contributed by atoms with Gasteiger partial charge in [0.1, 0.15) is 0 Å². The van der Waals surface area contributed by atoms with Gasteiger partial charge in [-0.15, -0.1) is 0 Å². The van der Waals surface area contributed by atoms with E-state index in [1.807, 2.05) is 0 Å². The molecule has 1 aromatic rings. The van der Waals surface area contributed by atoms with Crippen LogP contribution in [0.15, 0.2) is 30.3 Å². The Labute approximate surface area is 130 Å². The lowest BCUT2D eigenvalue weighted by Gasteiger charge is -2.42. The SMILES string of the molecule is CCCNC(CC1CCC1)C1(c2ccccc2)CCCC1. The van der Waals surface area contributed by atoms with Gasteiger partial charge >= 0.3 is 0 Å². The maximum atomic E-state index is 3.95. The van der Waals surface area contributed by atoms with Crippen molar-refractivity contribution >= 4 is 0 Å². The van der Waals surface area contributed by atoms with Crippen LogP contribution in [0.25, 0.3) is 0 Å². The number of nitrogens with one attached hydrogen (secondary N) is 1. The Morgan fingerprint density at radius 2 is 1.81 bits per heavy atom. The van der Waals surface area contributed by atoms with Crippen molar-refractivity contribution in [1.82, 2.24) is 5.32 Å². The second kappa shape index (κ2) is 6.96. The summed E-state index contributed by atoms with van der Waals surface area (Å²) in [6.45, 7) is 3.46. The zero-order valence-corrected chi connectivity index (χ0v) is 13.6. The first-order valence-electron chi connectivity index (χ1n) is 9.14. The highest BCUT2D eigenvalue weighted by molar-refractivity contribution is 5.29. The second-order valence-electron chi connectivity index (χ2n) is 7.27. The highest BCUT2D eigenvalue weighted by Crippen LogP contribution is 2.47. The molecule has 3 rings (SSSR count). The summed E-state index contributed by atoms with van der Waals surface area (Å²) in [5, 5.41) is 3.95. The Hall–Kier alpha value is -0.820. The molecule has 1 unspecified atom stereocenters. The van der Waals surface area contributed by atoms with Gasteiger partial charge in [0.15, 0.2) is 0 Å². The summed E-state index contributed by atoms with van der Waals surface area (Å²) in [5.41, 5.74) is 2.00. The van der Waals surface area contributed by atoms with E-state index in [1.54, 1.807) is 5.56 Å². The summed E-state index contributed by atoms with van der Waals surface area (Å²) >= 11 is 0. The highest BCUT2D eigenvalue weighted by atomic mass is 14.9. The molecule has 0 saturated heterocycles. The average molecular weight is 285 g/mol. The smallest absolute Gasteiger partial charge is 0.0167 e. The second-order valence-corrected chi connectivity index (χ2v) is 7.27. The van der Waals surface area contributed by atoms with Crippen molar-refractivity contribution in [1.29, 1.82) is 0 Å². The van der Waals surface area contributed by atoms with Crippen LogP contribution in [0, 0.1) is 5.92 Å². The van der Waals surface area contributed by atoms with E-state index in [0.717, 1.165) is 5.92 Å². The van der Waals surface area contributed by atoms with E-state index in [2.05, 4.69) is 42.6 Å². The molecule has 1 aromatic carbocycles. The normalized spacial score (nSPS) is 22.9. The summed E-state index contributed by atoms with van der Waals surface area (Å²) < 4.78 is 0. The molecule has 1 nitrogen and oxygen atoms in total. The average Bonchev–Trinajstić information content (AvgIpc) is 2.97. The number of hydrogen-bond donors (Lipinski definition) is 1. The van der Waals surface area contributed by atoms with Crippen molar-refractivity contribution in [3.63, 3.8) is 0 Å². The van der Waals surface area contributed by atoms with E-state index >= 15 is 0 Å². The van der Waals surface area contributed by atoms with Gasteiger partial charge < -0.3 is 5.32 Å². The molecule has 1 N–H and O–H groups in total. The van der Waals surface area contributed by atoms with Gasteiger partial charge in [0.05, 0.1) is 0 Å². The van der Waals surface area contributed by atoms with Crippen molar-refractivity contribution in [2.75, 3.05) is 6.54 Å². The molecule has 0 bridgehead atoms. The van der Waals surface area contributed by atoms with E-state index < -0.39 is 0 Å². The lowest BCUT2D eigenvalue weighted by atomic mass is 9.67. The first kappa shape index (κ1) is 15.1. The fourth-order valence-corrected chi connectivity index (χ4v) is 4.50. The number of rotatable bonds is 7. The molecule has 0 aliphatic heterocycles. The lowest BCUT2D eigenvalue weighted by Crippen LogP contribution is -2.48. The summed E-state index contributed by atoms with van der Waals surface area (Å²) in [5.74, 6) is 0.987. The molecule has 2 fully saturated rings. The molecule has 1 atom stereocenters. The zero-order chi connectivity index (χ0) is 14.5. The van der Waals surface area contributed by atoms with Crippen LogP contribution in [0.1, 0.15) is 70.3 Å². The fourth-order valence-electron chi connectivity index (χ4n) is 4.50. The van der Waals surface area contributed by atoms with Gasteiger partial charge in [-0.25, -0.2) is 0 Å². The number of benzene rings is 1. The van der Waals surface area contributed by atoms with Crippen LogP contribution in [0.4, 0.5) is 0 Å². The van der Waals surface area contributed by atoms with E-state index in [-0.39, 0.29) is 0 Å². The van der Waals surface area contributed by atoms with Gasteiger partial charge in [-0.05, 0) is 43.7 Å². The summed E-state index contributed by atoms with van der Waals surface area (Å²) in [4.78, 5) is 0. The maximum Gasteiger partial charge on any atom is 0.0167 e. The summed E-state index contributed by atoms with van der Waals surface area (Å²) in [6, 6.07) is 12.1. The van der Waals surface area contributed by atoms with Crippen LogP contribution in [0.5, 0.6) is 0 Å². The Bertz CT molecular complexity index is 415. The van der Waals surface area contributed by atoms with Gasteiger partial charge in [-0.2, -0.15) is 0 Å². The van der Waals surface area contributed by atoms with Gasteiger partial charge in [0.2, 0.25) is 0 Å². The lowest BCUT2D eigenvalue weighted by molar-refractivity contribution is 0.198. The van der Waals surface area contributed by atoms with Gasteiger partial charge in [0, 0.05) is 11.5 Å². The van der Waals surface area contributed by atoms with Crippen LogP contribution < -0.4 is 5.32 Å². The molecule has 2 aliphatic carbocycles. The van der Waals surface area contributed by atoms with E-state index in [0.29, 0.717) is 11.5 Å². The predicted molar refractivity (Wildman–Crippen MR) is 90.6 cm³/mol. The van der Waals surface area contributed by atoms with Crippen molar-refractivity contribution < 1.29 is 0 Å². The molecule has 0 radical (unpaired) electrons. The first-order chi connectivity index (χ1) is 10.3. The third-order valence-electron chi connectivity index (χ3n) is 5.95.